The van der Waals surface area contributed by atoms with Crippen molar-refractivity contribution in [1.82, 2.24) is 0 Å². The first kappa shape index (κ1) is 17.7. The molecule has 0 saturated carbocycles. The molecule has 0 heterocycles. The van der Waals surface area contributed by atoms with Crippen LogP contribution in [0, 0.1) is 6.92 Å². The molecule has 0 radical (unpaired) electrons. The van der Waals surface area contributed by atoms with Crippen molar-refractivity contribution in [2.75, 3.05) is 6.61 Å². The van der Waals surface area contributed by atoms with Crippen LogP contribution >= 0.6 is 0 Å². The van der Waals surface area contributed by atoms with Crippen LogP contribution in [-0.4, -0.2) is 15.0 Å². The van der Waals surface area contributed by atoms with Gasteiger partial charge in [-0.3, -0.25) is 4.18 Å². The highest BCUT2D eigenvalue weighted by atomic mass is 32.2. The third-order valence-corrected chi connectivity index (χ3v) is 4.35. The maximum atomic E-state index is 12.0. The number of benzene rings is 1. The molecule has 116 valence electrons. The van der Waals surface area contributed by atoms with E-state index in [4.69, 9.17) is 4.18 Å². The minimum atomic E-state index is -3.66. The van der Waals surface area contributed by atoms with E-state index >= 15 is 0 Å². The third-order valence-electron chi connectivity index (χ3n) is 3.06. The third kappa shape index (κ3) is 6.74. The molecule has 0 aliphatic heterocycles. The Hall–Kier alpha value is -1.39. The van der Waals surface area contributed by atoms with Crippen LogP contribution in [-0.2, 0) is 14.3 Å². The molecule has 0 N–H and O–H groups in total. The molecule has 21 heavy (non-hydrogen) atoms. The number of rotatable bonds is 7. The quantitative estimate of drug-likeness (QED) is 0.554. The second-order valence-corrected chi connectivity index (χ2v) is 7.04. The molecule has 0 amide bonds. The van der Waals surface area contributed by atoms with E-state index < -0.39 is 10.1 Å². The molecule has 0 bridgehead atoms. The van der Waals surface area contributed by atoms with E-state index in [2.05, 4.69) is 19.9 Å². The second kappa shape index (κ2) is 8.15. The van der Waals surface area contributed by atoms with Crippen molar-refractivity contribution in [3.8, 4) is 0 Å². The maximum Gasteiger partial charge on any atom is 0.297 e. The molecule has 0 saturated heterocycles. The van der Waals surface area contributed by atoms with Gasteiger partial charge < -0.3 is 0 Å². The van der Waals surface area contributed by atoms with Crippen molar-refractivity contribution in [1.29, 1.82) is 0 Å². The Morgan fingerprint density at radius 1 is 1.10 bits per heavy atom. The van der Waals surface area contributed by atoms with Crippen LogP contribution in [0.3, 0.4) is 0 Å². The Labute approximate surface area is 128 Å². The Bertz CT molecular complexity index is 604. The smallest absolute Gasteiger partial charge is 0.262 e. The minimum Gasteiger partial charge on any atom is -0.262 e. The van der Waals surface area contributed by atoms with E-state index in [1.54, 1.807) is 24.3 Å². The van der Waals surface area contributed by atoms with Crippen molar-refractivity contribution in [3.63, 3.8) is 0 Å². The van der Waals surface area contributed by atoms with E-state index in [1.807, 2.05) is 19.9 Å². The summed E-state index contributed by atoms with van der Waals surface area (Å²) in [5.74, 6) is 0. The molecular weight excluding hydrogens is 284 g/mol. The van der Waals surface area contributed by atoms with Crippen molar-refractivity contribution < 1.29 is 12.6 Å². The molecule has 0 aromatic heterocycles. The predicted molar refractivity (Wildman–Crippen MR) is 86.7 cm³/mol. The summed E-state index contributed by atoms with van der Waals surface area (Å²) in [4.78, 5) is 0.198. The summed E-state index contributed by atoms with van der Waals surface area (Å²) in [6.45, 7) is 8.11. The molecule has 0 aliphatic rings. The summed E-state index contributed by atoms with van der Waals surface area (Å²) in [5.41, 5.74) is 3.44. The molecule has 0 spiro atoms. The predicted octanol–water partition coefficient (Wildman–Crippen LogP) is 4.39. The average Bonchev–Trinajstić information content (AvgIpc) is 2.38. The first-order chi connectivity index (χ1) is 9.81. The lowest BCUT2D eigenvalue weighted by atomic mass is 10.1. The molecule has 1 rings (SSSR count). The summed E-state index contributed by atoms with van der Waals surface area (Å²) in [6, 6.07) is 6.65. The zero-order valence-corrected chi connectivity index (χ0v) is 14.0. The van der Waals surface area contributed by atoms with E-state index in [-0.39, 0.29) is 11.5 Å². The van der Waals surface area contributed by atoms with Crippen LogP contribution in [0.25, 0.3) is 0 Å². The van der Waals surface area contributed by atoms with Crippen LogP contribution in [0.5, 0.6) is 0 Å². The fourth-order valence-electron chi connectivity index (χ4n) is 1.73. The highest BCUT2D eigenvalue weighted by Gasteiger charge is 2.13. The summed E-state index contributed by atoms with van der Waals surface area (Å²) < 4.78 is 29.0. The SMILES string of the molecule is CC(C)=CCCC(C)=CCOS(=O)(=O)c1ccc(C)cc1. The Morgan fingerprint density at radius 3 is 2.29 bits per heavy atom. The highest BCUT2D eigenvalue weighted by Crippen LogP contribution is 2.14. The van der Waals surface area contributed by atoms with Crippen molar-refractivity contribution in [2.45, 2.75) is 45.4 Å². The summed E-state index contributed by atoms with van der Waals surface area (Å²) in [7, 11) is -3.66. The molecule has 0 unspecified atom stereocenters. The topological polar surface area (TPSA) is 43.4 Å². The molecule has 1 aromatic carbocycles. The number of hydrogen-bond donors (Lipinski definition) is 0. The van der Waals surface area contributed by atoms with E-state index in [9.17, 15) is 8.42 Å². The van der Waals surface area contributed by atoms with Crippen LogP contribution in [0.4, 0.5) is 0 Å². The molecular formula is C17H24O3S. The lowest BCUT2D eigenvalue weighted by Gasteiger charge is -2.05. The van der Waals surface area contributed by atoms with E-state index in [1.165, 1.54) is 5.57 Å². The van der Waals surface area contributed by atoms with Gasteiger partial charge in [-0.1, -0.05) is 41.0 Å². The largest absolute Gasteiger partial charge is 0.297 e. The van der Waals surface area contributed by atoms with Gasteiger partial charge in [0.1, 0.15) is 0 Å². The van der Waals surface area contributed by atoms with Crippen molar-refractivity contribution in [2.24, 2.45) is 0 Å². The first-order valence-corrected chi connectivity index (χ1v) is 8.47. The van der Waals surface area contributed by atoms with Gasteiger partial charge in [0.25, 0.3) is 10.1 Å². The van der Waals surface area contributed by atoms with Crippen LogP contribution in [0.15, 0.2) is 52.5 Å². The molecule has 0 fully saturated rings. The van der Waals surface area contributed by atoms with Gasteiger partial charge in [-0.05, 0) is 52.7 Å². The molecule has 3 nitrogen and oxygen atoms in total. The summed E-state index contributed by atoms with van der Waals surface area (Å²) >= 11 is 0. The first-order valence-electron chi connectivity index (χ1n) is 7.06. The van der Waals surface area contributed by atoms with Gasteiger partial charge in [-0.25, -0.2) is 0 Å². The normalized spacial score (nSPS) is 12.3. The summed E-state index contributed by atoms with van der Waals surface area (Å²) in [5, 5.41) is 0. The number of allylic oxidation sites excluding steroid dienone is 3. The molecule has 0 aliphatic carbocycles. The van der Waals surface area contributed by atoms with Gasteiger partial charge >= 0.3 is 0 Å². The van der Waals surface area contributed by atoms with Gasteiger partial charge in [0, 0.05) is 0 Å². The van der Waals surface area contributed by atoms with Gasteiger partial charge in [0.15, 0.2) is 0 Å². The van der Waals surface area contributed by atoms with Crippen LogP contribution in [0.2, 0.25) is 0 Å². The fraction of sp³-hybridized carbons (Fsp3) is 0.412. The van der Waals surface area contributed by atoms with E-state index in [0.29, 0.717) is 0 Å². The minimum absolute atomic E-state index is 0.0802. The van der Waals surface area contributed by atoms with Gasteiger partial charge in [0.2, 0.25) is 0 Å². The molecule has 0 atom stereocenters. The van der Waals surface area contributed by atoms with Gasteiger partial charge in [-0.2, -0.15) is 8.42 Å². The second-order valence-electron chi connectivity index (χ2n) is 5.42. The van der Waals surface area contributed by atoms with Gasteiger partial charge in [-0.15, -0.1) is 0 Å². The number of aryl methyl sites for hydroxylation is 1. The number of hydrogen-bond acceptors (Lipinski definition) is 3. The Balaban J connectivity index is 2.54. The zero-order chi connectivity index (χ0) is 15.9. The Morgan fingerprint density at radius 2 is 1.71 bits per heavy atom. The van der Waals surface area contributed by atoms with Crippen LogP contribution < -0.4 is 0 Å². The standard InChI is InChI=1S/C17H24O3S/c1-14(2)6-5-7-15(3)12-13-20-21(18,19)17-10-8-16(4)9-11-17/h6,8-12H,5,7,13H2,1-4H3. The maximum absolute atomic E-state index is 12.0. The Kier molecular flexibility index (Phi) is 6.85. The highest BCUT2D eigenvalue weighted by molar-refractivity contribution is 7.86. The molecule has 1 aromatic rings. The molecule has 4 heteroatoms. The van der Waals surface area contributed by atoms with Crippen LogP contribution in [0.1, 0.15) is 39.2 Å². The zero-order valence-electron chi connectivity index (χ0n) is 13.2. The van der Waals surface area contributed by atoms with Crippen molar-refractivity contribution >= 4 is 10.1 Å². The lowest BCUT2D eigenvalue weighted by Crippen LogP contribution is -2.06. The summed E-state index contributed by atoms with van der Waals surface area (Å²) in [6.07, 6.45) is 5.88. The lowest BCUT2D eigenvalue weighted by molar-refractivity contribution is 0.356. The fourth-order valence-corrected chi connectivity index (χ4v) is 2.58. The van der Waals surface area contributed by atoms with Gasteiger partial charge in [0.05, 0.1) is 11.5 Å². The van der Waals surface area contributed by atoms with Crippen molar-refractivity contribution in [3.05, 3.63) is 53.1 Å². The van der Waals surface area contributed by atoms with E-state index in [0.717, 1.165) is 24.0 Å². The average molecular weight is 308 g/mol. The monoisotopic (exact) mass is 308 g/mol.